The molecule has 0 aliphatic heterocycles. The largest absolute Gasteiger partial charge is 0.416 e. The Morgan fingerprint density at radius 1 is 1.38 bits per heavy atom. The van der Waals surface area contributed by atoms with E-state index in [0.29, 0.717) is 17.0 Å². The van der Waals surface area contributed by atoms with Crippen molar-refractivity contribution in [3.63, 3.8) is 0 Å². The summed E-state index contributed by atoms with van der Waals surface area (Å²) in [6.07, 6.45) is 2.21. The molecule has 1 aliphatic carbocycles. The second-order valence-electron chi connectivity index (χ2n) is 5.64. The Labute approximate surface area is 148 Å². The molecular formula is C16H16N4O2S2. The van der Waals surface area contributed by atoms with E-state index in [4.69, 9.17) is 9.68 Å². The number of nitrogens with one attached hydrogen (secondary N) is 1. The normalized spacial score (nSPS) is 13.5. The zero-order valence-corrected chi connectivity index (χ0v) is 15.0. The van der Waals surface area contributed by atoms with Gasteiger partial charge in [0.2, 0.25) is 11.8 Å². The van der Waals surface area contributed by atoms with Gasteiger partial charge in [-0.25, -0.2) is 0 Å². The number of thioether (sulfide) groups is 2. The molecule has 0 unspecified atom stereocenters. The van der Waals surface area contributed by atoms with Crippen molar-refractivity contribution < 1.29 is 9.21 Å². The second-order valence-corrected chi connectivity index (χ2v) is 7.43. The molecule has 3 rings (SSSR count). The Bertz CT molecular complexity index is 786. The summed E-state index contributed by atoms with van der Waals surface area (Å²) in [5.41, 5.74) is 2.65. The monoisotopic (exact) mass is 360 g/mol. The van der Waals surface area contributed by atoms with Gasteiger partial charge in [-0.15, -0.1) is 10.2 Å². The van der Waals surface area contributed by atoms with Crippen molar-refractivity contribution in [1.29, 1.82) is 5.26 Å². The Morgan fingerprint density at radius 2 is 2.08 bits per heavy atom. The maximum Gasteiger partial charge on any atom is 0.277 e. The van der Waals surface area contributed by atoms with Gasteiger partial charge in [-0.05, 0) is 61.7 Å². The number of nitrogens with zero attached hydrogens (tertiary/aromatic N) is 3. The third kappa shape index (κ3) is 4.10. The van der Waals surface area contributed by atoms with E-state index in [1.807, 2.05) is 26.0 Å². The molecule has 0 saturated heterocycles. The van der Waals surface area contributed by atoms with Crippen molar-refractivity contribution in [2.45, 2.75) is 42.7 Å². The van der Waals surface area contributed by atoms with Crippen molar-refractivity contribution in [1.82, 2.24) is 10.2 Å². The number of hydrogen-bond acceptors (Lipinski definition) is 7. The molecule has 1 N–H and O–H groups in total. The van der Waals surface area contributed by atoms with Crippen LogP contribution in [0.4, 0.5) is 5.69 Å². The van der Waals surface area contributed by atoms with Crippen LogP contribution < -0.4 is 5.32 Å². The topological polar surface area (TPSA) is 91.8 Å². The van der Waals surface area contributed by atoms with Crippen LogP contribution in [0.1, 0.15) is 35.8 Å². The highest BCUT2D eigenvalue weighted by molar-refractivity contribution is 8.03. The molecule has 1 aliphatic rings. The van der Waals surface area contributed by atoms with Crippen molar-refractivity contribution in [2.75, 3.05) is 11.1 Å². The van der Waals surface area contributed by atoms with E-state index in [1.54, 1.807) is 0 Å². The third-order valence-electron chi connectivity index (χ3n) is 3.61. The minimum atomic E-state index is -0.127. The van der Waals surface area contributed by atoms with Gasteiger partial charge in [0.05, 0.1) is 5.75 Å². The number of aromatic nitrogens is 2. The summed E-state index contributed by atoms with van der Waals surface area (Å²) in [6, 6.07) is 3.78. The van der Waals surface area contributed by atoms with Crippen LogP contribution >= 0.6 is 23.5 Å². The summed E-state index contributed by atoms with van der Waals surface area (Å²) in [5.74, 6) is 1.17. The molecule has 124 valence electrons. The van der Waals surface area contributed by atoms with E-state index in [9.17, 15) is 4.79 Å². The van der Waals surface area contributed by atoms with Gasteiger partial charge in [-0.2, -0.15) is 5.26 Å². The first-order valence-corrected chi connectivity index (χ1v) is 9.30. The predicted molar refractivity (Wildman–Crippen MR) is 93.0 cm³/mol. The molecule has 8 heteroatoms. The first-order chi connectivity index (χ1) is 11.6. The molecule has 0 atom stereocenters. The van der Waals surface area contributed by atoms with Crippen LogP contribution in [0.15, 0.2) is 26.7 Å². The smallest absolute Gasteiger partial charge is 0.277 e. The van der Waals surface area contributed by atoms with Gasteiger partial charge in [-0.3, -0.25) is 4.79 Å². The van der Waals surface area contributed by atoms with Crippen molar-refractivity contribution >= 4 is 35.1 Å². The first-order valence-electron chi connectivity index (χ1n) is 7.50. The van der Waals surface area contributed by atoms with Gasteiger partial charge in [0, 0.05) is 16.5 Å². The van der Waals surface area contributed by atoms with Crippen molar-refractivity contribution in [2.24, 2.45) is 0 Å². The number of rotatable bonds is 6. The minimum Gasteiger partial charge on any atom is -0.416 e. The van der Waals surface area contributed by atoms with Crippen LogP contribution in [0.2, 0.25) is 0 Å². The number of amides is 1. The molecule has 0 radical (unpaired) electrons. The lowest BCUT2D eigenvalue weighted by Gasteiger charge is -2.12. The van der Waals surface area contributed by atoms with E-state index >= 15 is 0 Å². The van der Waals surface area contributed by atoms with E-state index in [1.165, 1.54) is 11.8 Å². The molecule has 0 bridgehead atoms. The molecule has 24 heavy (non-hydrogen) atoms. The number of aryl methyl sites for hydroxylation is 2. The van der Waals surface area contributed by atoms with Gasteiger partial charge >= 0.3 is 0 Å². The minimum absolute atomic E-state index is 0.127. The highest BCUT2D eigenvalue weighted by atomic mass is 32.2. The average Bonchev–Trinajstić information content (AvgIpc) is 3.28. The van der Waals surface area contributed by atoms with Gasteiger partial charge < -0.3 is 9.73 Å². The van der Waals surface area contributed by atoms with Gasteiger partial charge in [0.25, 0.3) is 5.22 Å². The molecule has 1 aromatic heterocycles. The molecule has 1 heterocycles. The number of carbonyl (C=O) groups is 1. The quantitative estimate of drug-likeness (QED) is 0.617. The van der Waals surface area contributed by atoms with E-state index in [-0.39, 0.29) is 11.7 Å². The lowest BCUT2D eigenvalue weighted by molar-refractivity contribution is -0.113. The highest BCUT2D eigenvalue weighted by Gasteiger charge is 2.29. The SMILES string of the molecule is Cc1cc(SC#N)cc(C)c1NC(=O)CSc1nnc(C2CC2)o1. The second kappa shape index (κ2) is 7.28. The van der Waals surface area contributed by atoms with Crippen LogP contribution in [0, 0.1) is 24.5 Å². The fraction of sp³-hybridized carbons (Fsp3) is 0.375. The van der Waals surface area contributed by atoms with Crippen LogP contribution in [-0.2, 0) is 4.79 Å². The Hall–Kier alpha value is -1.98. The summed E-state index contributed by atoms with van der Waals surface area (Å²) < 4.78 is 5.53. The summed E-state index contributed by atoms with van der Waals surface area (Å²) in [6.45, 7) is 3.83. The molecule has 2 aromatic rings. The predicted octanol–water partition coefficient (Wildman–Crippen LogP) is 3.87. The lowest BCUT2D eigenvalue weighted by Crippen LogP contribution is -2.15. The van der Waals surface area contributed by atoms with E-state index < -0.39 is 0 Å². The zero-order chi connectivity index (χ0) is 17.1. The average molecular weight is 360 g/mol. The molecule has 1 aromatic carbocycles. The Morgan fingerprint density at radius 3 is 2.71 bits per heavy atom. The fourth-order valence-corrected chi connectivity index (χ4v) is 3.46. The lowest BCUT2D eigenvalue weighted by atomic mass is 10.1. The maximum absolute atomic E-state index is 12.2. The van der Waals surface area contributed by atoms with Crippen LogP contribution in [0.5, 0.6) is 0 Å². The van der Waals surface area contributed by atoms with E-state index in [0.717, 1.165) is 46.3 Å². The number of thiocyanates is 1. The van der Waals surface area contributed by atoms with Crippen molar-refractivity contribution in [3.05, 3.63) is 29.2 Å². The van der Waals surface area contributed by atoms with Crippen LogP contribution in [0.3, 0.4) is 0 Å². The zero-order valence-electron chi connectivity index (χ0n) is 13.3. The van der Waals surface area contributed by atoms with Gasteiger partial charge in [-0.1, -0.05) is 11.8 Å². The summed E-state index contributed by atoms with van der Waals surface area (Å²) in [4.78, 5) is 13.0. The van der Waals surface area contributed by atoms with Crippen LogP contribution in [0.25, 0.3) is 0 Å². The van der Waals surface area contributed by atoms with Gasteiger partial charge in [0.1, 0.15) is 5.40 Å². The summed E-state index contributed by atoms with van der Waals surface area (Å²) in [5, 5.41) is 22.1. The standard InChI is InChI=1S/C16H16N4O2S2/c1-9-5-12(24-8-17)6-10(2)14(9)18-13(21)7-23-16-20-19-15(22-16)11-3-4-11/h5-6,11H,3-4,7H2,1-2H3,(H,18,21). The highest BCUT2D eigenvalue weighted by Crippen LogP contribution is 2.39. The first kappa shape index (κ1) is 16.9. The summed E-state index contributed by atoms with van der Waals surface area (Å²) >= 11 is 2.35. The molecule has 0 spiro atoms. The molecule has 1 fully saturated rings. The number of hydrogen-bond donors (Lipinski definition) is 1. The number of carbonyl (C=O) groups excluding carboxylic acids is 1. The Kier molecular flexibility index (Phi) is 5.11. The summed E-state index contributed by atoms with van der Waals surface area (Å²) in [7, 11) is 0. The molecule has 6 nitrogen and oxygen atoms in total. The fourth-order valence-electron chi connectivity index (χ4n) is 2.31. The number of anilines is 1. The number of benzene rings is 1. The maximum atomic E-state index is 12.2. The van der Waals surface area contributed by atoms with Gasteiger partial charge in [0.15, 0.2) is 0 Å². The van der Waals surface area contributed by atoms with Crippen molar-refractivity contribution in [3.8, 4) is 5.40 Å². The Balaban J connectivity index is 1.58. The molecule has 1 saturated carbocycles. The third-order valence-corrected chi connectivity index (χ3v) is 4.99. The molecular weight excluding hydrogens is 344 g/mol. The van der Waals surface area contributed by atoms with Crippen LogP contribution in [-0.4, -0.2) is 21.9 Å². The molecule has 1 amide bonds. The number of nitriles is 1. The van der Waals surface area contributed by atoms with E-state index in [2.05, 4.69) is 20.9 Å².